The summed E-state index contributed by atoms with van der Waals surface area (Å²) in [5, 5.41) is 5.93. The molecule has 0 atom stereocenters. The molecule has 1 aliphatic heterocycles. The lowest BCUT2D eigenvalue weighted by Crippen LogP contribution is -2.48. The minimum atomic E-state index is 0.0744. The van der Waals surface area contributed by atoms with Crippen molar-refractivity contribution in [2.45, 2.75) is 18.9 Å². The minimum absolute atomic E-state index is 0.0744. The minimum Gasteiger partial charge on any atom is -0.376 e. The Morgan fingerprint density at radius 1 is 1.23 bits per heavy atom. The van der Waals surface area contributed by atoms with E-state index in [9.17, 15) is 4.79 Å². The normalized spacial score (nSPS) is 14.4. The molecule has 0 N–H and O–H groups in total. The lowest BCUT2D eigenvalue weighted by Gasteiger charge is -2.36. The van der Waals surface area contributed by atoms with Crippen molar-refractivity contribution in [3.8, 4) is 0 Å². The van der Waals surface area contributed by atoms with Crippen molar-refractivity contribution in [3.63, 3.8) is 0 Å². The Bertz CT molecular complexity index is 842. The van der Waals surface area contributed by atoms with Crippen LogP contribution in [0.4, 0.5) is 0 Å². The molecule has 1 fully saturated rings. The maximum absolute atomic E-state index is 12.2. The molecule has 0 saturated carbocycles. The largest absolute Gasteiger partial charge is 0.376 e. The number of aromatic nitrogens is 2. The summed E-state index contributed by atoms with van der Waals surface area (Å²) >= 11 is 1.46. The van der Waals surface area contributed by atoms with Crippen molar-refractivity contribution in [2.24, 2.45) is 0 Å². The second-order valence-corrected chi connectivity index (χ2v) is 7.17. The van der Waals surface area contributed by atoms with Gasteiger partial charge in [-0.15, -0.1) is 11.3 Å². The predicted octanol–water partition coefficient (Wildman–Crippen LogP) is 3.13. The molecule has 0 aliphatic carbocycles. The molecule has 0 bridgehead atoms. The molecule has 1 aliphatic rings. The van der Waals surface area contributed by atoms with E-state index >= 15 is 0 Å². The van der Waals surface area contributed by atoms with E-state index in [4.69, 9.17) is 9.26 Å². The monoisotopic (exact) mass is 369 g/mol. The molecule has 4 rings (SSSR count). The molecule has 1 saturated heterocycles. The number of hydrogen-bond donors (Lipinski definition) is 0. The smallest absolute Gasteiger partial charge is 0.263 e. The van der Waals surface area contributed by atoms with Crippen LogP contribution in [0.3, 0.4) is 0 Å². The quantitative estimate of drug-likeness (QED) is 0.599. The number of ether oxygens (including phenoxy) is 1. The predicted molar refractivity (Wildman–Crippen MR) is 97.1 cm³/mol. The van der Waals surface area contributed by atoms with Gasteiger partial charge >= 0.3 is 0 Å². The third kappa shape index (κ3) is 3.84. The van der Waals surface area contributed by atoms with Crippen LogP contribution >= 0.6 is 11.3 Å². The van der Waals surface area contributed by atoms with E-state index in [0.717, 1.165) is 10.4 Å². The second kappa shape index (κ2) is 7.80. The highest BCUT2D eigenvalue weighted by molar-refractivity contribution is 7.12. The van der Waals surface area contributed by atoms with Crippen molar-refractivity contribution in [2.75, 3.05) is 19.7 Å². The highest BCUT2D eigenvalue weighted by Crippen LogP contribution is 2.28. The van der Waals surface area contributed by atoms with Gasteiger partial charge in [0.15, 0.2) is 5.82 Å². The molecular weight excluding hydrogens is 350 g/mol. The fourth-order valence-corrected chi connectivity index (χ4v) is 3.51. The number of carbonyl (C=O) groups excluding carboxylic acids is 1. The molecule has 3 aromatic rings. The van der Waals surface area contributed by atoms with Crippen LogP contribution in [0.1, 0.15) is 32.9 Å². The van der Waals surface area contributed by atoms with E-state index in [0.29, 0.717) is 44.4 Å². The lowest BCUT2D eigenvalue weighted by molar-refractivity contribution is 0.0574. The Morgan fingerprint density at radius 3 is 2.85 bits per heavy atom. The molecule has 2 aromatic heterocycles. The van der Waals surface area contributed by atoms with Crippen LogP contribution < -0.4 is 0 Å². The van der Waals surface area contributed by atoms with Crippen LogP contribution in [0.25, 0.3) is 0 Å². The lowest BCUT2D eigenvalue weighted by atomic mass is 10.00. The first-order valence-corrected chi connectivity index (χ1v) is 9.44. The van der Waals surface area contributed by atoms with Gasteiger partial charge in [-0.25, -0.2) is 0 Å². The van der Waals surface area contributed by atoms with E-state index in [2.05, 4.69) is 10.1 Å². The standard InChI is InChI=1S/C19H19N3O3S/c23-19(16-7-4-10-26-16)22-11-15(12-22)18-20-17(21-25-18)8-9-24-13-14-5-2-1-3-6-14/h1-7,10,15H,8-9,11-13H2. The summed E-state index contributed by atoms with van der Waals surface area (Å²) in [6.45, 7) is 2.38. The van der Waals surface area contributed by atoms with Crippen LogP contribution in [0.15, 0.2) is 52.4 Å². The number of nitrogens with zero attached hydrogens (tertiary/aromatic N) is 3. The van der Waals surface area contributed by atoms with Gasteiger partial charge in [0.1, 0.15) is 0 Å². The molecule has 7 heteroatoms. The van der Waals surface area contributed by atoms with Crippen LogP contribution in [0.2, 0.25) is 0 Å². The Labute approximate surface area is 155 Å². The van der Waals surface area contributed by atoms with E-state index in [-0.39, 0.29) is 11.8 Å². The van der Waals surface area contributed by atoms with Crippen LogP contribution in [-0.2, 0) is 17.8 Å². The number of amides is 1. The van der Waals surface area contributed by atoms with Crippen molar-refractivity contribution in [1.29, 1.82) is 0 Å². The van der Waals surface area contributed by atoms with Crippen LogP contribution in [0.5, 0.6) is 0 Å². The summed E-state index contributed by atoms with van der Waals surface area (Å²) < 4.78 is 11.0. The van der Waals surface area contributed by atoms with Gasteiger partial charge in [-0.05, 0) is 17.0 Å². The summed E-state index contributed by atoms with van der Waals surface area (Å²) in [7, 11) is 0. The molecule has 0 radical (unpaired) electrons. The van der Waals surface area contributed by atoms with Crippen molar-refractivity contribution < 1.29 is 14.1 Å². The molecule has 1 aromatic carbocycles. The van der Waals surface area contributed by atoms with E-state index < -0.39 is 0 Å². The Balaban J connectivity index is 1.21. The van der Waals surface area contributed by atoms with Gasteiger partial charge in [0.25, 0.3) is 5.91 Å². The second-order valence-electron chi connectivity index (χ2n) is 6.22. The van der Waals surface area contributed by atoms with Gasteiger partial charge in [0.2, 0.25) is 5.89 Å². The highest BCUT2D eigenvalue weighted by Gasteiger charge is 2.36. The summed E-state index contributed by atoms with van der Waals surface area (Å²) in [6, 6.07) is 13.8. The number of benzene rings is 1. The zero-order chi connectivity index (χ0) is 17.8. The first kappa shape index (κ1) is 16.9. The summed E-state index contributed by atoms with van der Waals surface area (Å²) in [6.07, 6.45) is 0.612. The van der Waals surface area contributed by atoms with Gasteiger partial charge in [-0.3, -0.25) is 4.79 Å². The number of carbonyl (C=O) groups is 1. The van der Waals surface area contributed by atoms with Gasteiger partial charge in [0.05, 0.1) is 24.0 Å². The molecule has 0 unspecified atom stereocenters. The summed E-state index contributed by atoms with van der Waals surface area (Å²) in [4.78, 5) is 19.2. The average molecular weight is 369 g/mol. The number of thiophene rings is 1. The number of hydrogen-bond acceptors (Lipinski definition) is 6. The first-order valence-electron chi connectivity index (χ1n) is 8.56. The molecular formula is C19H19N3O3S. The van der Waals surface area contributed by atoms with Crippen molar-refractivity contribution in [3.05, 3.63) is 70.0 Å². The number of likely N-dealkylation sites (tertiary alicyclic amines) is 1. The fourth-order valence-electron chi connectivity index (χ4n) is 2.82. The van der Waals surface area contributed by atoms with Gasteiger partial charge in [-0.1, -0.05) is 41.6 Å². The van der Waals surface area contributed by atoms with Gasteiger partial charge in [0, 0.05) is 19.5 Å². The molecule has 134 valence electrons. The third-order valence-corrected chi connectivity index (χ3v) is 5.17. The van der Waals surface area contributed by atoms with Crippen molar-refractivity contribution >= 4 is 17.2 Å². The molecule has 26 heavy (non-hydrogen) atoms. The van der Waals surface area contributed by atoms with E-state index in [1.807, 2.05) is 52.7 Å². The maximum atomic E-state index is 12.2. The summed E-state index contributed by atoms with van der Waals surface area (Å²) in [5.41, 5.74) is 1.14. The SMILES string of the molecule is O=C(c1cccs1)N1CC(c2nc(CCOCc3ccccc3)no2)C1. The Morgan fingerprint density at radius 2 is 2.08 bits per heavy atom. The molecule has 0 spiro atoms. The molecule has 6 nitrogen and oxygen atoms in total. The average Bonchev–Trinajstić information content (AvgIpc) is 3.30. The fraction of sp³-hybridized carbons (Fsp3) is 0.316. The first-order chi connectivity index (χ1) is 12.8. The van der Waals surface area contributed by atoms with E-state index in [1.165, 1.54) is 11.3 Å². The van der Waals surface area contributed by atoms with Crippen LogP contribution in [0, 0.1) is 0 Å². The number of rotatable bonds is 7. The van der Waals surface area contributed by atoms with Crippen LogP contribution in [-0.4, -0.2) is 40.6 Å². The third-order valence-electron chi connectivity index (χ3n) is 4.32. The molecule has 1 amide bonds. The zero-order valence-electron chi connectivity index (χ0n) is 14.2. The Hall–Kier alpha value is -2.51. The Kier molecular flexibility index (Phi) is 5.08. The zero-order valence-corrected chi connectivity index (χ0v) is 15.0. The summed E-state index contributed by atoms with van der Waals surface area (Å²) in [5.74, 6) is 1.46. The van der Waals surface area contributed by atoms with Gasteiger partial charge in [-0.2, -0.15) is 4.98 Å². The van der Waals surface area contributed by atoms with Crippen molar-refractivity contribution in [1.82, 2.24) is 15.0 Å². The molecule has 3 heterocycles. The topological polar surface area (TPSA) is 68.5 Å². The highest BCUT2D eigenvalue weighted by atomic mass is 32.1. The van der Waals surface area contributed by atoms with E-state index in [1.54, 1.807) is 0 Å². The maximum Gasteiger partial charge on any atom is 0.263 e. The van der Waals surface area contributed by atoms with Gasteiger partial charge < -0.3 is 14.2 Å².